The maximum absolute atomic E-state index is 12.7. The van der Waals surface area contributed by atoms with Crippen LogP contribution in [0.25, 0.3) is 10.9 Å². The fraction of sp³-hybridized carbons (Fsp3) is 0.429. The Morgan fingerprint density at radius 3 is 2.82 bits per heavy atom. The van der Waals surface area contributed by atoms with Gasteiger partial charge in [0.2, 0.25) is 0 Å². The molecule has 176 valence electrons. The van der Waals surface area contributed by atoms with E-state index in [4.69, 9.17) is 14.0 Å². The summed E-state index contributed by atoms with van der Waals surface area (Å²) in [5.41, 5.74) is -0.311. The zero-order valence-corrected chi connectivity index (χ0v) is 18.0. The lowest BCUT2D eigenvalue weighted by atomic mass is 9.97. The predicted molar refractivity (Wildman–Crippen MR) is 114 cm³/mol. The summed E-state index contributed by atoms with van der Waals surface area (Å²) >= 11 is 0. The number of aryl methyl sites for hydroxylation is 1. The number of aliphatic hydroxyl groups is 2. The van der Waals surface area contributed by atoms with Crippen molar-refractivity contribution in [3.05, 3.63) is 62.1 Å². The van der Waals surface area contributed by atoms with Crippen LogP contribution in [0.15, 0.2) is 38.4 Å². The molecule has 0 radical (unpaired) electrons. The van der Waals surface area contributed by atoms with Crippen LogP contribution in [0, 0.1) is 6.92 Å². The minimum atomic E-state index is -1.42. The summed E-state index contributed by atoms with van der Waals surface area (Å²) in [6, 6.07) is 5.61. The van der Waals surface area contributed by atoms with Crippen LogP contribution in [-0.4, -0.2) is 68.9 Å². The zero-order valence-electron chi connectivity index (χ0n) is 18.0. The van der Waals surface area contributed by atoms with Crippen LogP contribution in [0.3, 0.4) is 0 Å². The third-order valence-electron chi connectivity index (χ3n) is 5.71. The van der Waals surface area contributed by atoms with Crippen LogP contribution in [0.1, 0.15) is 21.8 Å². The van der Waals surface area contributed by atoms with Gasteiger partial charge < -0.3 is 29.5 Å². The first-order chi connectivity index (χ1) is 15.8. The van der Waals surface area contributed by atoms with Crippen LogP contribution in [0.5, 0.6) is 0 Å². The van der Waals surface area contributed by atoms with Crippen molar-refractivity contribution in [1.29, 1.82) is 0 Å². The molecule has 3 aromatic rings. The summed E-state index contributed by atoms with van der Waals surface area (Å²) in [5.74, 6) is -0.179. The Balaban J connectivity index is 1.50. The number of methoxy groups -OCH3 is 1. The van der Waals surface area contributed by atoms with Gasteiger partial charge in [-0.05, 0) is 19.1 Å². The summed E-state index contributed by atoms with van der Waals surface area (Å²) in [5, 5.41) is 27.9. The summed E-state index contributed by atoms with van der Waals surface area (Å²) in [6.07, 6.45) is -3.76. The Morgan fingerprint density at radius 2 is 2.06 bits per heavy atom. The first-order valence-corrected chi connectivity index (χ1v) is 10.3. The molecule has 1 saturated heterocycles. The molecule has 12 nitrogen and oxygen atoms in total. The first-order valence-electron chi connectivity index (χ1n) is 10.3. The number of rotatable bonds is 6. The fourth-order valence-electron chi connectivity index (χ4n) is 3.89. The van der Waals surface area contributed by atoms with Gasteiger partial charge in [0.05, 0.1) is 42.3 Å². The molecule has 1 amide bonds. The smallest absolute Gasteiger partial charge is 0.328 e. The molecule has 12 heteroatoms. The molecule has 4 N–H and O–H groups in total. The Morgan fingerprint density at radius 1 is 1.30 bits per heavy atom. The number of carbonyl (C=O) groups excluding carboxylic acids is 1. The summed E-state index contributed by atoms with van der Waals surface area (Å²) in [4.78, 5) is 39.3. The maximum atomic E-state index is 12.7. The molecule has 1 fully saturated rings. The van der Waals surface area contributed by atoms with E-state index in [9.17, 15) is 24.6 Å². The molecule has 0 spiro atoms. The number of hydrogen-bond acceptors (Lipinski definition) is 9. The molecule has 3 heterocycles. The van der Waals surface area contributed by atoms with Gasteiger partial charge in [-0.15, -0.1) is 0 Å². The Bertz CT molecular complexity index is 1280. The fourth-order valence-corrected chi connectivity index (χ4v) is 3.89. The van der Waals surface area contributed by atoms with Crippen molar-refractivity contribution < 1.29 is 29.0 Å². The standard InChI is InChI=1S/C21H24N4O8/c1-10-12(8-31-2)16(24-33-10)20(29)22-13-9-32-15(18(27)17(13)26)7-25-14-6-4-3-5-11(14)19(28)23-21(25)30/h3-6,13,15,17-18,26-27H,7-9H2,1-2H3,(H,22,29)(H,23,28,30)/t13-,15-,17+,18-/m1/s1. The number of nitrogens with zero attached hydrogens (tertiary/aromatic N) is 2. The lowest BCUT2D eigenvalue weighted by Crippen LogP contribution is -2.60. The van der Waals surface area contributed by atoms with Gasteiger partial charge in [-0.25, -0.2) is 4.79 Å². The highest BCUT2D eigenvalue weighted by Gasteiger charge is 2.40. The summed E-state index contributed by atoms with van der Waals surface area (Å²) in [7, 11) is 1.47. The van der Waals surface area contributed by atoms with Crippen LogP contribution in [-0.2, 0) is 22.6 Å². The first kappa shape index (κ1) is 22.9. The van der Waals surface area contributed by atoms with Crippen molar-refractivity contribution in [2.24, 2.45) is 0 Å². The minimum Gasteiger partial charge on any atom is -0.388 e. The number of carbonyl (C=O) groups is 1. The maximum Gasteiger partial charge on any atom is 0.328 e. The van der Waals surface area contributed by atoms with Gasteiger partial charge in [-0.1, -0.05) is 17.3 Å². The molecule has 1 aliphatic rings. The number of H-pyrrole nitrogens is 1. The van der Waals surface area contributed by atoms with E-state index in [0.717, 1.165) is 0 Å². The average Bonchev–Trinajstić information content (AvgIpc) is 3.16. The van der Waals surface area contributed by atoms with Gasteiger partial charge in [0.25, 0.3) is 11.5 Å². The largest absolute Gasteiger partial charge is 0.388 e. The van der Waals surface area contributed by atoms with Crippen molar-refractivity contribution >= 4 is 16.8 Å². The number of aromatic amines is 1. The Labute approximate surface area is 186 Å². The third-order valence-corrected chi connectivity index (χ3v) is 5.71. The molecule has 33 heavy (non-hydrogen) atoms. The number of para-hydroxylation sites is 1. The lowest BCUT2D eigenvalue weighted by molar-refractivity contribution is -0.152. The van der Waals surface area contributed by atoms with Crippen molar-refractivity contribution in [2.45, 2.75) is 44.4 Å². The number of hydrogen-bond donors (Lipinski definition) is 4. The molecule has 4 rings (SSSR count). The van der Waals surface area contributed by atoms with E-state index < -0.39 is 41.5 Å². The number of aliphatic hydroxyl groups excluding tert-OH is 2. The SMILES string of the molecule is COCc1c(C(=O)N[C@@H]2CO[C@H](Cn3c(=O)[nH]c(=O)c4ccccc43)[C@@H](O)[C@H]2O)noc1C. The van der Waals surface area contributed by atoms with Gasteiger partial charge >= 0.3 is 5.69 Å². The van der Waals surface area contributed by atoms with E-state index >= 15 is 0 Å². The normalized spacial score (nSPS) is 23.0. The molecular formula is C21H24N4O8. The summed E-state index contributed by atoms with van der Waals surface area (Å²) < 4.78 is 17.1. The summed E-state index contributed by atoms with van der Waals surface area (Å²) in [6.45, 7) is 1.53. The zero-order chi connectivity index (χ0) is 23.7. The highest BCUT2D eigenvalue weighted by atomic mass is 16.5. The average molecular weight is 460 g/mol. The van der Waals surface area contributed by atoms with E-state index in [1.165, 1.54) is 11.7 Å². The minimum absolute atomic E-state index is 0.0180. The lowest BCUT2D eigenvalue weighted by Gasteiger charge is -2.38. The van der Waals surface area contributed by atoms with Gasteiger partial charge in [0.1, 0.15) is 24.1 Å². The molecule has 0 unspecified atom stereocenters. The Hall–Kier alpha value is -3.32. The molecular weight excluding hydrogens is 436 g/mol. The number of fused-ring (bicyclic) bond motifs is 1. The molecule has 0 bridgehead atoms. The predicted octanol–water partition coefficient (Wildman–Crippen LogP) is -0.948. The molecule has 1 aliphatic heterocycles. The second-order valence-electron chi connectivity index (χ2n) is 7.82. The van der Waals surface area contributed by atoms with Crippen LogP contribution in [0.4, 0.5) is 0 Å². The van der Waals surface area contributed by atoms with Crippen LogP contribution < -0.4 is 16.6 Å². The van der Waals surface area contributed by atoms with Gasteiger partial charge in [-0.3, -0.25) is 19.1 Å². The van der Waals surface area contributed by atoms with Crippen LogP contribution >= 0.6 is 0 Å². The molecule has 2 aromatic heterocycles. The number of amides is 1. The van der Waals surface area contributed by atoms with Gasteiger partial charge in [0.15, 0.2) is 5.69 Å². The van der Waals surface area contributed by atoms with Gasteiger partial charge in [-0.2, -0.15) is 0 Å². The number of nitrogens with one attached hydrogen (secondary N) is 2. The second kappa shape index (κ2) is 9.27. The second-order valence-corrected chi connectivity index (χ2v) is 7.82. The Kier molecular flexibility index (Phi) is 6.42. The van der Waals surface area contributed by atoms with E-state index in [-0.39, 0.29) is 25.5 Å². The van der Waals surface area contributed by atoms with E-state index in [1.54, 1.807) is 31.2 Å². The van der Waals surface area contributed by atoms with Crippen molar-refractivity contribution in [3.63, 3.8) is 0 Å². The molecule has 0 saturated carbocycles. The van der Waals surface area contributed by atoms with Crippen molar-refractivity contribution in [1.82, 2.24) is 20.0 Å². The highest BCUT2D eigenvalue weighted by molar-refractivity contribution is 5.94. The third kappa shape index (κ3) is 4.33. The quantitative estimate of drug-likeness (QED) is 0.362. The molecule has 1 aromatic carbocycles. The molecule has 4 atom stereocenters. The number of ether oxygens (including phenoxy) is 2. The van der Waals surface area contributed by atoms with E-state index in [1.807, 2.05) is 0 Å². The highest BCUT2D eigenvalue weighted by Crippen LogP contribution is 2.20. The topological polar surface area (TPSA) is 169 Å². The van der Waals surface area contributed by atoms with Crippen LogP contribution in [0.2, 0.25) is 0 Å². The van der Waals surface area contributed by atoms with E-state index in [0.29, 0.717) is 22.2 Å². The van der Waals surface area contributed by atoms with E-state index in [2.05, 4.69) is 15.5 Å². The van der Waals surface area contributed by atoms with Crippen molar-refractivity contribution in [2.75, 3.05) is 13.7 Å². The monoisotopic (exact) mass is 460 g/mol. The van der Waals surface area contributed by atoms with Crippen molar-refractivity contribution in [3.8, 4) is 0 Å². The molecule has 0 aliphatic carbocycles. The van der Waals surface area contributed by atoms with Gasteiger partial charge in [0, 0.05) is 7.11 Å². The number of benzene rings is 1. The number of aromatic nitrogens is 3.